The number of halogens is 1. The maximum absolute atomic E-state index is 13.4. The lowest BCUT2D eigenvalue weighted by Crippen LogP contribution is -2.50. The number of thioether (sulfide) groups is 1. The van der Waals surface area contributed by atoms with Crippen LogP contribution in [0, 0.1) is 5.82 Å². The fraction of sp³-hybridized carbons (Fsp3) is 0.353. The number of pyridine rings is 1. The molecule has 1 aliphatic rings. The van der Waals surface area contributed by atoms with E-state index in [1.807, 2.05) is 0 Å². The van der Waals surface area contributed by atoms with Gasteiger partial charge in [-0.1, -0.05) is 0 Å². The van der Waals surface area contributed by atoms with Gasteiger partial charge in [-0.25, -0.2) is 4.39 Å². The van der Waals surface area contributed by atoms with Crippen LogP contribution < -0.4 is 9.47 Å². The average molecular weight is 367 g/mol. The van der Waals surface area contributed by atoms with Gasteiger partial charge in [-0.2, -0.15) is 0 Å². The Morgan fingerprint density at radius 1 is 1.16 bits per heavy atom. The summed E-state index contributed by atoms with van der Waals surface area (Å²) in [6.07, 6.45) is -0.416. The Balaban J connectivity index is 1.83. The molecule has 8 heteroatoms. The highest BCUT2D eigenvalue weighted by atomic mass is 32.2. The Morgan fingerprint density at radius 3 is 2.72 bits per heavy atom. The zero-order chi connectivity index (χ0) is 18.0. The molecule has 0 spiro atoms. The maximum atomic E-state index is 13.4. The van der Waals surface area contributed by atoms with Crippen molar-refractivity contribution in [1.29, 1.82) is 0 Å². The van der Waals surface area contributed by atoms with Crippen molar-refractivity contribution < 1.29 is 29.2 Å². The van der Waals surface area contributed by atoms with E-state index in [9.17, 15) is 19.7 Å². The summed E-state index contributed by atoms with van der Waals surface area (Å²) in [5.41, 5.74) is 0.574. The molecule has 2 heterocycles. The summed E-state index contributed by atoms with van der Waals surface area (Å²) in [6, 6.07) is 5.87. The van der Waals surface area contributed by atoms with Crippen LogP contribution in [0.15, 0.2) is 36.7 Å². The van der Waals surface area contributed by atoms with Crippen LogP contribution >= 0.6 is 11.8 Å². The van der Waals surface area contributed by atoms with Gasteiger partial charge in [-0.3, -0.25) is 4.98 Å². The summed E-state index contributed by atoms with van der Waals surface area (Å²) >= 11 is 1.20. The van der Waals surface area contributed by atoms with Crippen LogP contribution in [-0.4, -0.2) is 56.9 Å². The third-order valence-corrected chi connectivity index (χ3v) is 5.13. The quantitative estimate of drug-likeness (QED) is 0.753. The van der Waals surface area contributed by atoms with Gasteiger partial charge in [-0.05, 0) is 18.2 Å². The molecule has 1 aromatic heterocycles. The first-order chi connectivity index (χ1) is 12.0. The molecule has 134 valence electrons. The number of hydrogen-bond donors (Lipinski definition) is 3. The molecule has 0 unspecified atom stereocenters. The van der Waals surface area contributed by atoms with Gasteiger partial charge < -0.3 is 24.8 Å². The van der Waals surface area contributed by atoms with Gasteiger partial charge in [0.15, 0.2) is 5.44 Å². The van der Waals surface area contributed by atoms with Crippen LogP contribution in [0.4, 0.5) is 4.39 Å². The van der Waals surface area contributed by atoms with Gasteiger partial charge in [0.25, 0.3) is 0 Å². The van der Waals surface area contributed by atoms with Gasteiger partial charge in [0.1, 0.15) is 29.5 Å². The number of aliphatic hydroxyl groups is 3. The maximum Gasteiger partial charge on any atom is 0.173 e. The number of rotatable bonds is 4. The number of aliphatic hydroxyl groups excluding tert-OH is 3. The number of ether oxygens (including phenoxy) is 2. The molecule has 4 atom stereocenters. The van der Waals surface area contributed by atoms with E-state index in [0.717, 1.165) is 0 Å². The largest absolute Gasteiger partial charge is 0.496 e. The van der Waals surface area contributed by atoms with Crippen molar-refractivity contribution in [2.24, 2.45) is 0 Å². The fourth-order valence-electron chi connectivity index (χ4n) is 2.55. The van der Waals surface area contributed by atoms with Crippen molar-refractivity contribution in [2.75, 3.05) is 12.9 Å². The van der Waals surface area contributed by atoms with Crippen LogP contribution in [0.2, 0.25) is 0 Å². The van der Waals surface area contributed by atoms with Crippen LogP contribution in [0.3, 0.4) is 0 Å². The van der Waals surface area contributed by atoms with Crippen molar-refractivity contribution in [1.82, 2.24) is 4.98 Å². The van der Waals surface area contributed by atoms with E-state index in [1.165, 1.54) is 37.2 Å². The minimum Gasteiger partial charge on any atom is -0.496 e. The summed E-state index contributed by atoms with van der Waals surface area (Å²) in [4.78, 5) is 4.11. The van der Waals surface area contributed by atoms with Gasteiger partial charge >= 0.3 is 0 Å². The Kier molecular flexibility index (Phi) is 5.43. The number of hydrogen-bond acceptors (Lipinski definition) is 7. The molecule has 3 N–H and O–H groups in total. The molecule has 0 aliphatic carbocycles. The Morgan fingerprint density at radius 2 is 1.96 bits per heavy atom. The van der Waals surface area contributed by atoms with Crippen LogP contribution in [-0.2, 0) is 0 Å². The number of methoxy groups -OCH3 is 1. The molecular weight excluding hydrogens is 349 g/mol. The van der Waals surface area contributed by atoms with E-state index in [4.69, 9.17) is 9.47 Å². The third-order valence-electron chi connectivity index (χ3n) is 3.89. The Hall–Kier alpha value is -1.87. The van der Waals surface area contributed by atoms with Gasteiger partial charge in [0.2, 0.25) is 0 Å². The summed E-state index contributed by atoms with van der Waals surface area (Å²) in [5.74, 6) is 0.589. The zero-order valence-corrected chi connectivity index (χ0v) is 14.2. The summed E-state index contributed by atoms with van der Waals surface area (Å²) in [7, 11) is 1.45. The average Bonchev–Trinajstić information content (AvgIpc) is 2.62. The van der Waals surface area contributed by atoms with Crippen LogP contribution in [0.25, 0.3) is 11.1 Å². The molecule has 1 aromatic carbocycles. The van der Waals surface area contributed by atoms with E-state index in [1.54, 1.807) is 18.3 Å². The predicted molar refractivity (Wildman–Crippen MR) is 91.1 cm³/mol. The molecule has 1 saturated heterocycles. The molecule has 0 radical (unpaired) electrons. The molecule has 3 rings (SSSR count). The van der Waals surface area contributed by atoms with Crippen molar-refractivity contribution in [3.05, 3.63) is 42.5 Å². The first-order valence-corrected chi connectivity index (χ1v) is 8.66. The second kappa shape index (κ2) is 7.57. The lowest BCUT2D eigenvalue weighted by atomic mass is 10.1. The van der Waals surface area contributed by atoms with Crippen molar-refractivity contribution in [2.45, 2.75) is 23.7 Å². The van der Waals surface area contributed by atoms with Gasteiger partial charge in [0, 0.05) is 29.1 Å². The molecule has 6 nitrogen and oxygen atoms in total. The minimum absolute atomic E-state index is 0.252. The van der Waals surface area contributed by atoms with Crippen molar-refractivity contribution >= 4 is 11.8 Å². The first-order valence-electron chi connectivity index (χ1n) is 7.61. The highest BCUT2D eigenvalue weighted by Crippen LogP contribution is 2.34. The Bertz CT molecular complexity index is 747. The zero-order valence-electron chi connectivity index (χ0n) is 13.4. The van der Waals surface area contributed by atoms with Gasteiger partial charge in [0.05, 0.1) is 19.4 Å². The van der Waals surface area contributed by atoms with E-state index in [2.05, 4.69) is 4.98 Å². The summed E-state index contributed by atoms with van der Waals surface area (Å²) in [6.45, 7) is 0. The normalized spacial score (nSPS) is 26.3. The van der Waals surface area contributed by atoms with Crippen LogP contribution in [0.5, 0.6) is 11.5 Å². The minimum atomic E-state index is -1.26. The molecule has 1 aliphatic heterocycles. The lowest BCUT2D eigenvalue weighted by Gasteiger charge is -2.34. The smallest absolute Gasteiger partial charge is 0.173 e. The van der Waals surface area contributed by atoms with Crippen molar-refractivity contribution in [3.63, 3.8) is 0 Å². The summed E-state index contributed by atoms with van der Waals surface area (Å²) < 4.78 is 24.3. The second-order valence-electron chi connectivity index (χ2n) is 5.62. The molecule has 1 fully saturated rings. The molecule has 0 amide bonds. The highest BCUT2D eigenvalue weighted by Gasteiger charge is 2.38. The molecule has 0 saturated carbocycles. The second-order valence-corrected chi connectivity index (χ2v) is 6.75. The van der Waals surface area contributed by atoms with E-state index >= 15 is 0 Å². The predicted octanol–water partition coefficient (Wildman–Crippen LogP) is 1.43. The number of nitrogens with zero attached hydrogens (tertiary/aromatic N) is 1. The number of aromatic nitrogens is 1. The van der Waals surface area contributed by atoms with E-state index in [-0.39, 0.29) is 5.75 Å². The van der Waals surface area contributed by atoms with E-state index in [0.29, 0.717) is 22.6 Å². The van der Waals surface area contributed by atoms with Crippen molar-refractivity contribution in [3.8, 4) is 22.6 Å². The highest BCUT2D eigenvalue weighted by molar-refractivity contribution is 7.99. The molecule has 0 bridgehead atoms. The molecule has 2 aromatic rings. The lowest BCUT2D eigenvalue weighted by molar-refractivity contribution is -0.0786. The standard InChI is InChI=1S/C17H18FNO5S/c1-23-14-5-10(18)2-3-12(14)9-4-11(7-19-6-9)24-17-16(22)15(21)13(20)8-25-17/h2-7,13,15-17,20-22H,8H2,1H3/t13-,15+,16-,17-/m1/s1. The Labute approximate surface area is 148 Å². The van der Waals surface area contributed by atoms with Gasteiger partial charge in [-0.15, -0.1) is 11.8 Å². The molecular formula is C17H18FNO5S. The summed E-state index contributed by atoms with van der Waals surface area (Å²) in [5, 5.41) is 29.4. The van der Waals surface area contributed by atoms with E-state index < -0.39 is 29.6 Å². The monoisotopic (exact) mass is 367 g/mol. The third kappa shape index (κ3) is 3.87. The number of benzene rings is 1. The van der Waals surface area contributed by atoms with Crippen LogP contribution in [0.1, 0.15) is 0 Å². The molecule has 25 heavy (non-hydrogen) atoms. The first kappa shape index (κ1) is 17.9. The fourth-order valence-corrected chi connectivity index (χ4v) is 3.67. The SMILES string of the molecule is COc1cc(F)ccc1-c1cncc(O[C@@H]2SC[C@@H](O)[C@H](O)[C@H]2O)c1. The topological polar surface area (TPSA) is 92.0 Å².